The summed E-state index contributed by atoms with van der Waals surface area (Å²) in [5.74, 6) is 0.891. The molecule has 0 aliphatic rings. The van der Waals surface area contributed by atoms with E-state index in [-0.39, 0.29) is 11.6 Å². The van der Waals surface area contributed by atoms with Gasteiger partial charge in [-0.25, -0.2) is 0 Å². The van der Waals surface area contributed by atoms with Crippen LogP contribution in [0.25, 0.3) is 0 Å². The highest BCUT2D eigenvalue weighted by Crippen LogP contribution is 2.25. The lowest BCUT2D eigenvalue weighted by Gasteiger charge is -2.28. The van der Waals surface area contributed by atoms with E-state index in [1.165, 1.54) is 0 Å². The average Bonchev–Trinajstić information content (AvgIpc) is 2.14. The predicted molar refractivity (Wildman–Crippen MR) is 73.7 cm³/mol. The van der Waals surface area contributed by atoms with E-state index < -0.39 is 0 Å². The normalized spacial score (nSPS) is 13.3. The van der Waals surface area contributed by atoms with Gasteiger partial charge < -0.3 is 15.4 Å². The van der Waals surface area contributed by atoms with E-state index in [4.69, 9.17) is 10.5 Å². The highest BCUT2D eigenvalue weighted by Gasteiger charge is 2.21. The third-order valence-corrected chi connectivity index (χ3v) is 2.54. The molecule has 0 radical (unpaired) electrons. The van der Waals surface area contributed by atoms with E-state index in [0.29, 0.717) is 0 Å². The molecule has 0 saturated carbocycles. The van der Waals surface area contributed by atoms with Gasteiger partial charge in [-0.1, -0.05) is 6.07 Å². The van der Waals surface area contributed by atoms with E-state index in [0.717, 1.165) is 17.9 Å². The molecule has 0 fully saturated rings. The Labute approximate surface area is 105 Å². The van der Waals surface area contributed by atoms with Crippen molar-refractivity contribution in [1.82, 2.24) is 0 Å². The zero-order valence-electron chi connectivity index (χ0n) is 11.5. The van der Waals surface area contributed by atoms with Crippen LogP contribution in [0.3, 0.4) is 0 Å². The molecule has 0 saturated heterocycles. The van der Waals surface area contributed by atoms with Crippen LogP contribution >= 0.6 is 0 Å². The quantitative estimate of drug-likeness (QED) is 0.854. The Bertz CT molecular complexity index is 359. The van der Waals surface area contributed by atoms with Crippen LogP contribution in [0.5, 0.6) is 5.75 Å². The first-order valence-electron chi connectivity index (χ1n) is 6.02. The van der Waals surface area contributed by atoms with Gasteiger partial charge in [-0.05, 0) is 32.9 Å². The van der Waals surface area contributed by atoms with Crippen LogP contribution in [0.4, 0.5) is 5.69 Å². The molecule has 0 amide bonds. The number of anilines is 1. The Morgan fingerprint density at radius 2 is 2.00 bits per heavy atom. The first-order chi connectivity index (χ1) is 7.80. The molecule has 1 unspecified atom stereocenters. The Morgan fingerprint density at radius 1 is 1.35 bits per heavy atom. The Hall–Kier alpha value is -1.22. The van der Waals surface area contributed by atoms with Gasteiger partial charge in [0.05, 0.1) is 0 Å². The molecular weight excluding hydrogens is 212 g/mol. The summed E-state index contributed by atoms with van der Waals surface area (Å²) in [4.78, 5) is 2.06. The molecule has 96 valence electrons. The summed E-state index contributed by atoms with van der Waals surface area (Å²) < 4.78 is 6.00. The molecule has 0 bridgehead atoms. The summed E-state index contributed by atoms with van der Waals surface area (Å²) in [6.45, 7) is 6.14. The highest BCUT2D eigenvalue weighted by atomic mass is 16.5. The zero-order valence-corrected chi connectivity index (χ0v) is 11.5. The fourth-order valence-electron chi connectivity index (χ4n) is 1.96. The highest BCUT2D eigenvalue weighted by molar-refractivity contribution is 5.49. The molecule has 1 atom stereocenters. The van der Waals surface area contributed by atoms with Gasteiger partial charge in [0.1, 0.15) is 11.4 Å². The van der Waals surface area contributed by atoms with Crippen molar-refractivity contribution in [2.24, 2.45) is 5.73 Å². The van der Waals surface area contributed by atoms with Crippen molar-refractivity contribution in [3.63, 3.8) is 0 Å². The molecule has 0 spiro atoms. The maximum atomic E-state index is 6.00. The van der Waals surface area contributed by atoms with E-state index >= 15 is 0 Å². The summed E-state index contributed by atoms with van der Waals surface area (Å²) >= 11 is 0. The Balaban J connectivity index is 2.77. The number of nitrogens with two attached hydrogens (primary N) is 1. The molecule has 0 aliphatic heterocycles. The molecule has 0 heterocycles. The lowest BCUT2D eigenvalue weighted by Crippen LogP contribution is -2.35. The van der Waals surface area contributed by atoms with E-state index in [1.54, 1.807) is 0 Å². The summed E-state index contributed by atoms with van der Waals surface area (Å²) in [5.41, 5.74) is 6.72. The van der Waals surface area contributed by atoms with Gasteiger partial charge in [-0.2, -0.15) is 0 Å². The molecule has 0 aromatic heterocycles. The van der Waals surface area contributed by atoms with Crippen LogP contribution in [0, 0.1) is 0 Å². The molecular formula is C14H24N2O. The monoisotopic (exact) mass is 236 g/mol. The maximum Gasteiger partial charge on any atom is 0.122 e. The van der Waals surface area contributed by atoms with Crippen molar-refractivity contribution in [2.45, 2.75) is 38.8 Å². The number of nitrogens with zero attached hydrogens (tertiary/aromatic N) is 1. The van der Waals surface area contributed by atoms with Crippen molar-refractivity contribution >= 4 is 5.69 Å². The standard InChI is InChI=1S/C14H24N2O/c1-11(15)10-14(2,3)17-13-8-6-7-12(9-13)16(4)5/h6-9,11H,10,15H2,1-5H3. The van der Waals surface area contributed by atoms with Crippen molar-refractivity contribution < 1.29 is 4.74 Å². The Morgan fingerprint density at radius 3 is 2.53 bits per heavy atom. The van der Waals surface area contributed by atoms with Gasteiger partial charge in [-0.3, -0.25) is 0 Å². The topological polar surface area (TPSA) is 38.5 Å². The summed E-state index contributed by atoms with van der Waals surface area (Å²) in [6.07, 6.45) is 0.833. The van der Waals surface area contributed by atoms with Crippen LogP contribution in [0.15, 0.2) is 24.3 Å². The fraction of sp³-hybridized carbons (Fsp3) is 0.571. The first kappa shape index (κ1) is 13.8. The second-order valence-corrected chi connectivity index (χ2v) is 5.43. The van der Waals surface area contributed by atoms with Crippen LogP contribution in [-0.4, -0.2) is 25.7 Å². The van der Waals surface area contributed by atoms with Gasteiger partial charge in [0.25, 0.3) is 0 Å². The zero-order chi connectivity index (χ0) is 13.1. The number of benzene rings is 1. The lowest BCUT2D eigenvalue weighted by atomic mass is 10.0. The predicted octanol–water partition coefficient (Wildman–Crippen LogP) is 2.65. The van der Waals surface area contributed by atoms with Crippen molar-refractivity contribution in [3.8, 4) is 5.75 Å². The van der Waals surface area contributed by atoms with Crippen molar-refractivity contribution in [2.75, 3.05) is 19.0 Å². The van der Waals surface area contributed by atoms with E-state index in [2.05, 4.69) is 24.8 Å². The van der Waals surface area contributed by atoms with Crippen molar-refractivity contribution in [1.29, 1.82) is 0 Å². The minimum atomic E-state index is -0.237. The third-order valence-electron chi connectivity index (χ3n) is 2.54. The molecule has 1 rings (SSSR count). The second-order valence-electron chi connectivity index (χ2n) is 5.43. The number of hydrogen-bond donors (Lipinski definition) is 1. The number of ether oxygens (including phenoxy) is 1. The average molecular weight is 236 g/mol. The van der Waals surface area contributed by atoms with Gasteiger partial charge in [0.15, 0.2) is 0 Å². The summed E-state index contributed by atoms with van der Waals surface area (Å²) in [6, 6.07) is 8.23. The molecule has 3 heteroatoms. The van der Waals surface area contributed by atoms with Crippen LogP contribution in [0.2, 0.25) is 0 Å². The fourth-order valence-corrected chi connectivity index (χ4v) is 1.96. The smallest absolute Gasteiger partial charge is 0.122 e. The van der Waals surface area contributed by atoms with Crippen LogP contribution in [0.1, 0.15) is 27.2 Å². The van der Waals surface area contributed by atoms with Gasteiger partial charge in [0, 0.05) is 38.3 Å². The minimum absolute atomic E-state index is 0.141. The Kier molecular flexibility index (Phi) is 4.40. The molecule has 17 heavy (non-hydrogen) atoms. The molecule has 1 aromatic carbocycles. The molecule has 2 N–H and O–H groups in total. The summed E-state index contributed by atoms with van der Waals surface area (Å²) in [5, 5.41) is 0. The molecule has 1 aromatic rings. The van der Waals surface area contributed by atoms with Gasteiger partial charge in [-0.15, -0.1) is 0 Å². The van der Waals surface area contributed by atoms with E-state index in [1.807, 2.05) is 39.2 Å². The minimum Gasteiger partial charge on any atom is -0.488 e. The van der Waals surface area contributed by atoms with Crippen molar-refractivity contribution in [3.05, 3.63) is 24.3 Å². The van der Waals surface area contributed by atoms with Gasteiger partial charge in [0.2, 0.25) is 0 Å². The molecule has 0 aliphatic carbocycles. The maximum absolute atomic E-state index is 6.00. The molecule has 3 nitrogen and oxygen atoms in total. The second kappa shape index (κ2) is 5.41. The van der Waals surface area contributed by atoms with Gasteiger partial charge >= 0.3 is 0 Å². The van der Waals surface area contributed by atoms with E-state index in [9.17, 15) is 0 Å². The van der Waals surface area contributed by atoms with Crippen LogP contribution < -0.4 is 15.4 Å². The third kappa shape index (κ3) is 4.65. The largest absolute Gasteiger partial charge is 0.488 e. The van der Waals surface area contributed by atoms with Crippen LogP contribution in [-0.2, 0) is 0 Å². The SMILES string of the molecule is CC(N)CC(C)(C)Oc1cccc(N(C)C)c1. The summed E-state index contributed by atoms with van der Waals surface area (Å²) in [7, 11) is 4.04. The first-order valence-corrected chi connectivity index (χ1v) is 6.02. The number of rotatable bonds is 5. The number of hydrogen-bond acceptors (Lipinski definition) is 3. The lowest BCUT2D eigenvalue weighted by molar-refractivity contribution is 0.0934.